The maximum atomic E-state index is 12.9. The molecule has 0 aliphatic rings. The molecule has 0 spiro atoms. The van der Waals surface area contributed by atoms with Gasteiger partial charge in [0.1, 0.15) is 34.8 Å². The average Bonchev–Trinajstić information content (AvgIpc) is 2.91. The Balaban J connectivity index is 1.62. The van der Waals surface area contributed by atoms with Crippen molar-refractivity contribution in [3.63, 3.8) is 0 Å². The number of hydrogen-bond donors (Lipinski definition) is 2. The maximum Gasteiger partial charge on any atom is 0.491 e. The molecule has 0 unspecified atom stereocenters. The molecule has 0 atom stereocenters. The number of alkyl halides is 3. The number of carbonyl (C=O) groups is 1. The van der Waals surface area contributed by atoms with Gasteiger partial charge in [0.25, 0.3) is 5.56 Å². The number of anilines is 2. The summed E-state index contributed by atoms with van der Waals surface area (Å²) < 4.78 is 53.7. The van der Waals surface area contributed by atoms with E-state index in [0.717, 1.165) is 31.1 Å². The molecule has 0 fully saturated rings. The Kier molecular flexibility index (Phi) is 8.38. The molecular formula is C26H27F3N6O5. The number of nitrogens with one attached hydrogen (secondary N) is 2. The summed E-state index contributed by atoms with van der Waals surface area (Å²) in [6.45, 7) is 9.20. The number of nitrogens with zero attached hydrogens (tertiary/aromatic N) is 4. The van der Waals surface area contributed by atoms with Gasteiger partial charge >= 0.3 is 12.1 Å². The number of methoxy groups -OCH3 is 1. The fourth-order valence-corrected chi connectivity index (χ4v) is 4.01. The number of likely N-dealkylation sites (N-methyl/N-ethyl adjacent to an activating group) is 1. The molecule has 0 aliphatic carbocycles. The standard InChI is InChI=1S/C26H27F3N6O5/c1-5-35(6-2)11-12-39-15-7-8-17-16(13-15)14(3)30-24(31-17)34-25-32-21-19(38-4)10-9-18(20(21)22(36)33-25)40-23(37)26(27,28)29/h7-10,13H,5-6,11-12H2,1-4H3,(H2,30,31,32,33,34,36). The zero-order chi connectivity index (χ0) is 29.0. The highest BCUT2D eigenvalue weighted by atomic mass is 19.4. The summed E-state index contributed by atoms with van der Waals surface area (Å²) in [5.41, 5.74) is 0.225. The second-order valence-electron chi connectivity index (χ2n) is 8.60. The van der Waals surface area contributed by atoms with Crippen molar-refractivity contribution >= 4 is 39.7 Å². The van der Waals surface area contributed by atoms with Crippen LogP contribution in [0.15, 0.2) is 35.1 Å². The lowest BCUT2D eigenvalue weighted by Gasteiger charge is -2.18. The number of H-pyrrole nitrogens is 1. The molecule has 212 valence electrons. The third-order valence-corrected chi connectivity index (χ3v) is 6.10. The van der Waals surface area contributed by atoms with Crippen LogP contribution in [0.3, 0.4) is 0 Å². The molecule has 0 saturated carbocycles. The summed E-state index contributed by atoms with van der Waals surface area (Å²) in [6, 6.07) is 7.68. The van der Waals surface area contributed by atoms with Crippen LogP contribution in [-0.2, 0) is 4.79 Å². The molecule has 0 saturated heterocycles. The lowest BCUT2D eigenvalue weighted by molar-refractivity contribution is -0.189. The van der Waals surface area contributed by atoms with E-state index in [1.807, 2.05) is 6.07 Å². The number of rotatable bonds is 10. The van der Waals surface area contributed by atoms with Gasteiger partial charge in [-0.3, -0.25) is 15.1 Å². The number of aromatic nitrogens is 4. The third kappa shape index (κ3) is 6.22. The summed E-state index contributed by atoms with van der Waals surface area (Å²) >= 11 is 0. The fraction of sp³-hybridized carbons (Fsp3) is 0.346. The molecule has 0 bridgehead atoms. The van der Waals surface area contributed by atoms with Gasteiger partial charge in [0.05, 0.1) is 18.3 Å². The van der Waals surface area contributed by atoms with Gasteiger partial charge in [-0.15, -0.1) is 0 Å². The van der Waals surface area contributed by atoms with Crippen molar-refractivity contribution in [2.45, 2.75) is 26.9 Å². The molecule has 4 aromatic rings. The van der Waals surface area contributed by atoms with Crippen LogP contribution < -0.4 is 25.1 Å². The van der Waals surface area contributed by atoms with Gasteiger partial charge < -0.3 is 19.1 Å². The van der Waals surface area contributed by atoms with E-state index in [9.17, 15) is 22.8 Å². The molecule has 0 aliphatic heterocycles. The minimum absolute atomic E-state index is 0.0695. The van der Waals surface area contributed by atoms with Gasteiger partial charge in [0.15, 0.2) is 0 Å². The van der Waals surface area contributed by atoms with Gasteiger partial charge in [0.2, 0.25) is 11.9 Å². The first-order valence-corrected chi connectivity index (χ1v) is 12.3. The molecule has 2 heterocycles. The van der Waals surface area contributed by atoms with Crippen molar-refractivity contribution < 1.29 is 32.2 Å². The first-order valence-electron chi connectivity index (χ1n) is 12.3. The lowest BCUT2D eigenvalue weighted by Crippen LogP contribution is -2.28. The van der Waals surface area contributed by atoms with E-state index in [1.165, 1.54) is 13.2 Å². The summed E-state index contributed by atoms with van der Waals surface area (Å²) in [7, 11) is 1.30. The molecule has 2 aromatic heterocycles. The van der Waals surface area contributed by atoms with E-state index in [-0.39, 0.29) is 23.2 Å². The monoisotopic (exact) mass is 560 g/mol. The van der Waals surface area contributed by atoms with E-state index in [2.05, 4.69) is 48.7 Å². The van der Waals surface area contributed by atoms with Crippen LogP contribution in [0.1, 0.15) is 19.5 Å². The van der Waals surface area contributed by atoms with Gasteiger partial charge in [-0.1, -0.05) is 13.8 Å². The number of carbonyl (C=O) groups excluding carboxylic acids is 1. The maximum absolute atomic E-state index is 12.9. The average molecular weight is 561 g/mol. The largest absolute Gasteiger partial charge is 0.494 e. The van der Waals surface area contributed by atoms with Crippen LogP contribution in [-0.4, -0.2) is 70.3 Å². The van der Waals surface area contributed by atoms with E-state index >= 15 is 0 Å². The topological polar surface area (TPSA) is 132 Å². The molecular weight excluding hydrogens is 533 g/mol. The Bertz CT molecular complexity index is 1600. The summed E-state index contributed by atoms with van der Waals surface area (Å²) in [4.78, 5) is 42.1. The van der Waals surface area contributed by atoms with E-state index in [0.29, 0.717) is 23.6 Å². The predicted octanol–water partition coefficient (Wildman–Crippen LogP) is 4.12. The Morgan fingerprint density at radius 1 is 1.07 bits per heavy atom. The van der Waals surface area contributed by atoms with Crippen LogP contribution >= 0.6 is 0 Å². The number of esters is 1. The number of aryl methyl sites for hydroxylation is 1. The number of fused-ring (bicyclic) bond motifs is 2. The lowest BCUT2D eigenvalue weighted by atomic mass is 10.2. The molecule has 14 heteroatoms. The van der Waals surface area contributed by atoms with Crippen LogP contribution in [0, 0.1) is 6.92 Å². The van der Waals surface area contributed by atoms with Crippen molar-refractivity contribution in [3.05, 3.63) is 46.4 Å². The van der Waals surface area contributed by atoms with Crippen LogP contribution in [0.2, 0.25) is 0 Å². The van der Waals surface area contributed by atoms with Crippen molar-refractivity contribution in [2.75, 3.05) is 38.7 Å². The first kappa shape index (κ1) is 28.5. The number of ether oxygens (including phenoxy) is 3. The number of hydrogen-bond acceptors (Lipinski definition) is 10. The molecule has 11 nitrogen and oxygen atoms in total. The second-order valence-corrected chi connectivity index (χ2v) is 8.60. The highest BCUT2D eigenvalue weighted by Gasteiger charge is 2.41. The molecule has 0 radical (unpaired) electrons. The normalized spacial score (nSPS) is 11.7. The summed E-state index contributed by atoms with van der Waals surface area (Å²) in [5.74, 6) is -2.34. The van der Waals surface area contributed by atoms with E-state index < -0.39 is 28.8 Å². The number of aromatic amines is 1. The van der Waals surface area contributed by atoms with Gasteiger partial charge in [-0.25, -0.2) is 19.7 Å². The van der Waals surface area contributed by atoms with E-state index in [4.69, 9.17) is 9.47 Å². The highest BCUT2D eigenvalue weighted by molar-refractivity contribution is 5.92. The van der Waals surface area contributed by atoms with Gasteiger partial charge in [-0.2, -0.15) is 13.2 Å². The zero-order valence-corrected chi connectivity index (χ0v) is 22.2. The molecule has 0 amide bonds. The quantitative estimate of drug-likeness (QED) is 0.216. The fourth-order valence-electron chi connectivity index (χ4n) is 4.01. The molecule has 40 heavy (non-hydrogen) atoms. The third-order valence-electron chi connectivity index (χ3n) is 6.10. The van der Waals surface area contributed by atoms with Gasteiger partial charge in [0, 0.05) is 11.9 Å². The zero-order valence-electron chi connectivity index (χ0n) is 22.2. The predicted molar refractivity (Wildman–Crippen MR) is 141 cm³/mol. The van der Waals surface area contributed by atoms with Crippen LogP contribution in [0.4, 0.5) is 25.1 Å². The molecule has 2 N–H and O–H groups in total. The second kappa shape index (κ2) is 11.7. The SMILES string of the molecule is CCN(CC)CCOc1ccc2nc(Nc3nc4c(OC)ccc(OC(=O)C(F)(F)F)c4c(=O)[nH]3)nc(C)c2c1. The Labute approximate surface area is 226 Å². The highest BCUT2D eigenvalue weighted by Crippen LogP contribution is 2.32. The molecule has 2 aromatic carbocycles. The number of benzene rings is 2. The summed E-state index contributed by atoms with van der Waals surface area (Å²) in [5, 5.41) is 3.18. The number of halogens is 3. The Morgan fingerprint density at radius 2 is 1.80 bits per heavy atom. The van der Waals surface area contributed by atoms with Gasteiger partial charge in [-0.05, 0) is 50.3 Å². The molecule has 4 rings (SSSR count). The van der Waals surface area contributed by atoms with Crippen LogP contribution in [0.5, 0.6) is 17.2 Å². The minimum atomic E-state index is -5.25. The Morgan fingerprint density at radius 3 is 2.48 bits per heavy atom. The van der Waals surface area contributed by atoms with Crippen molar-refractivity contribution in [1.82, 2.24) is 24.8 Å². The first-order chi connectivity index (χ1) is 19.0. The van der Waals surface area contributed by atoms with E-state index in [1.54, 1.807) is 19.1 Å². The van der Waals surface area contributed by atoms with Crippen LogP contribution in [0.25, 0.3) is 21.8 Å². The summed E-state index contributed by atoms with van der Waals surface area (Å²) in [6.07, 6.45) is -5.25. The Hall–Kier alpha value is -4.46. The van der Waals surface area contributed by atoms with Crippen molar-refractivity contribution in [2.24, 2.45) is 0 Å². The minimum Gasteiger partial charge on any atom is -0.494 e. The van der Waals surface area contributed by atoms with Crippen molar-refractivity contribution in [1.29, 1.82) is 0 Å². The smallest absolute Gasteiger partial charge is 0.491 e. The van der Waals surface area contributed by atoms with Crippen molar-refractivity contribution in [3.8, 4) is 17.2 Å².